The summed E-state index contributed by atoms with van der Waals surface area (Å²) in [6.07, 6.45) is 2.78. The minimum absolute atomic E-state index is 0.0968. The molecule has 0 spiro atoms. The number of imidazole rings is 1. The maximum atomic E-state index is 12.2. The summed E-state index contributed by atoms with van der Waals surface area (Å²) in [6, 6.07) is 9.03. The Hall–Kier alpha value is -2.16. The molecule has 3 rings (SSSR count). The molecule has 2 aromatic heterocycles. The average Bonchev–Trinajstić information content (AvgIpc) is 3.12. The molecule has 23 heavy (non-hydrogen) atoms. The van der Waals surface area contributed by atoms with E-state index in [0.717, 1.165) is 5.39 Å². The van der Waals surface area contributed by atoms with Crippen LogP contribution in [0.15, 0.2) is 52.3 Å². The highest BCUT2D eigenvalue weighted by molar-refractivity contribution is 7.89. The first-order chi connectivity index (χ1) is 10.8. The predicted octanol–water partition coefficient (Wildman–Crippen LogP) is 1.35. The van der Waals surface area contributed by atoms with Gasteiger partial charge in [-0.3, -0.25) is 0 Å². The smallest absolute Gasteiger partial charge is 0.259 e. The summed E-state index contributed by atoms with van der Waals surface area (Å²) >= 11 is 0. The van der Waals surface area contributed by atoms with Gasteiger partial charge in [-0.15, -0.1) is 0 Å². The third-order valence-corrected chi connectivity index (χ3v) is 4.81. The van der Waals surface area contributed by atoms with Crippen LogP contribution in [0, 0.1) is 0 Å². The molecule has 0 aliphatic carbocycles. The SMILES string of the molecule is Cn1cnc(S(=O)(=O)NCC(C)(O)c2cc3ccccc3o2)c1. The number of furan rings is 1. The van der Waals surface area contributed by atoms with Crippen LogP contribution in [0.3, 0.4) is 0 Å². The Morgan fingerprint density at radius 1 is 1.39 bits per heavy atom. The van der Waals surface area contributed by atoms with Crippen LogP contribution in [0.1, 0.15) is 12.7 Å². The number of hydrogen-bond acceptors (Lipinski definition) is 5. The summed E-state index contributed by atoms with van der Waals surface area (Å²) in [7, 11) is -2.12. The van der Waals surface area contributed by atoms with Crippen LogP contribution in [0.5, 0.6) is 0 Å². The van der Waals surface area contributed by atoms with Gasteiger partial charge in [-0.05, 0) is 19.1 Å². The molecule has 0 amide bonds. The molecular formula is C15H17N3O4S. The minimum Gasteiger partial charge on any atom is -0.458 e. The van der Waals surface area contributed by atoms with Crippen molar-refractivity contribution in [1.29, 1.82) is 0 Å². The number of aliphatic hydroxyl groups is 1. The maximum Gasteiger partial charge on any atom is 0.259 e. The zero-order chi connectivity index (χ0) is 16.7. The van der Waals surface area contributed by atoms with Gasteiger partial charge < -0.3 is 14.1 Å². The summed E-state index contributed by atoms with van der Waals surface area (Å²) < 4.78 is 33.8. The molecule has 8 heteroatoms. The zero-order valence-corrected chi connectivity index (χ0v) is 13.5. The van der Waals surface area contributed by atoms with Gasteiger partial charge in [0.1, 0.15) is 16.9 Å². The van der Waals surface area contributed by atoms with Crippen molar-refractivity contribution in [2.24, 2.45) is 7.05 Å². The Morgan fingerprint density at radius 3 is 2.78 bits per heavy atom. The molecule has 2 heterocycles. The van der Waals surface area contributed by atoms with Gasteiger partial charge in [-0.25, -0.2) is 18.1 Å². The largest absolute Gasteiger partial charge is 0.458 e. The van der Waals surface area contributed by atoms with Gasteiger partial charge in [0, 0.05) is 25.2 Å². The molecule has 0 fully saturated rings. The van der Waals surface area contributed by atoms with Gasteiger partial charge in [0.15, 0.2) is 5.03 Å². The molecule has 1 unspecified atom stereocenters. The van der Waals surface area contributed by atoms with Crippen LogP contribution in [-0.4, -0.2) is 29.6 Å². The Morgan fingerprint density at radius 2 is 2.13 bits per heavy atom. The number of sulfonamides is 1. The lowest BCUT2D eigenvalue weighted by Gasteiger charge is -2.20. The third kappa shape index (κ3) is 3.14. The second kappa shape index (κ2) is 5.48. The van der Waals surface area contributed by atoms with Crippen molar-refractivity contribution in [2.45, 2.75) is 17.6 Å². The van der Waals surface area contributed by atoms with Gasteiger partial charge in [-0.2, -0.15) is 0 Å². The second-order valence-electron chi connectivity index (χ2n) is 5.62. The first-order valence-corrected chi connectivity index (χ1v) is 8.45. The highest BCUT2D eigenvalue weighted by Gasteiger charge is 2.30. The maximum absolute atomic E-state index is 12.2. The fraction of sp³-hybridized carbons (Fsp3) is 0.267. The lowest BCUT2D eigenvalue weighted by Crippen LogP contribution is -2.38. The highest BCUT2D eigenvalue weighted by atomic mass is 32.2. The van der Waals surface area contributed by atoms with Crippen LogP contribution in [0.2, 0.25) is 0 Å². The zero-order valence-electron chi connectivity index (χ0n) is 12.7. The molecule has 0 saturated heterocycles. The standard InChI is InChI=1S/C15H17N3O4S/c1-15(19,13-7-11-5-3-4-6-12(11)22-13)9-17-23(20,21)14-8-18(2)10-16-14/h3-8,10,17,19H,9H2,1-2H3. The molecular weight excluding hydrogens is 318 g/mol. The van der Waals surface area contributed by atoms with Gasteiger partial charge in [-0.1, -0.05) is 18.2 Å². The van der Waals surface area contributed by atoms with Crippen LogP contribution in [0.4, 0.5) is 0 Å². The molecule has 1 atom stereocenters. The Balaban J connectivity index is 1.80. The fourth-order valence-corrected chi connectivity index (χ4v) is 3.28. The van der Waals surface area contributed by atoms with E-state index in [1.807, 2.05) is 18.2 Å². The molecule has 1 aromatic carbocycles. The van der Waals surface area contributed by atoms with Crippen molar-refractivity contribution >= 4 is 21.0 Å². The Kier molecular flexibility index (Phi) is 3.75. The van der Waals surface area contributed by atoms with Crippen LogP contribution >= 0.6 is 0 Å². The van der Waals surface area contributed by atoms with E-state index in [0.29, 0.717) is 11.3 Å². The number of fused-ring (bicyclic) bond motifs is 1. The highest BCUT2D eigenvalue weighted by Crippen LogP contribution is 2.27. The van der Waals surface area contributed by atoms with Crippen molar-refractivity contribution in [2.75, 3.05) is 6.54 Å². The van der Waals surface area contributed by atoms with Crippen molar-refractivity contribution in [3.8, 4) is 0 Å². The topological polar surface area (TPSA) is 97.4 Å². The van der Waals surface area contributed by atoms with Crippen molar-refractivity contribution in [1.82, 2.24) is 14.3 Å². The molecule has 0 saturated carbocycles. The molecule has 0 aliphatic rings. The molecule has 0 aliphatic heterocycles. The molecule has 3 aromatic rings. The van der Waals surface area contributed by atoms with E-state index in [1.54, 1.807) is 19.2 Å². The summed E-state index contributed by atoms with van der Waals surface area (Å²) in [5.41, 5.74) is -0.851. The van der Waals surface area contributed by atoms with Gasteiger partial charge >= 0.3 is 0 Å². The molecule has 2 N–H and O–H groups in total. The fourth-order valence-electron chi connectivity index (χ4n) is 2.17. The third-order valence-electron chi connectivity index (χ3n) is 3.52. The van der Waals surface area contributed by atoms with Crippen molar-refractivity contribution < 1.29 is 17.9 Å². The van der Waals surface area contributed by atoms with Gasteiger partial charge in [0.05, 0.1) is 6.33 Å². The van der Waals surface area contributed by atoms with E-state index in [-0.39, 0.29) is 11.6 Å². The summed E-state index contributed by atoms with van der Waals surface area (Å²) in [6.45, 7) is 1.26. The number of benzene rings is 1. The van der Waals surface area contributed by atoms with Crippen molar-refractivity contribution in [3.05, 3.63) is 48.6 Å². The Bertz CT molecular complexity index is 907. The van der Waals surface area contributed by atoms with E-state index >= 15 is 0 Å². The number of nitrogens with one attached hydrogen (secondary N) is 1. The van der Waals surface area contributed by atoms with Crippen molar-refractivity contribution in [3.63, 3.8) is 0 Å². The average molecular weight is 335 g/mol. The second-order valence-corrected chi connectivity index (χ2v) is 7.34. The minimum atomic E-state index is -3.79. The quantitative estimate of drug-likeness (QED) is 0.733. The van der Waals surface area contributed by atoms with E-state index in [1.165, 1.54) is 24.0 Å². The number of hydrogen-bond donors (Lipinski definition) is 2. The first kappa shape index (κ1) is 15.7. The summed E-state index contributed by atoms with van der Waals surface area (Å²) in [4.78, 5) is 3.80. The number of aryl methyl sites for hydroxylation is 1. The van der Waals surface area contributed by atoms with Crippen LogP contribution in [-0.2, 0) is 22.7 Å². The predicted molar refractivity (Wildman–Crippen MR) is 84.2 cm³/mol. The molecule has 0 bridgehead atoms. The van der Waals surface area contributed by atoms with E-state index < -0.39 is 15.6 Å². The Labute approximate surface area is 133 Å². The lowest BCUT2D eigenvalue weighted by atomic mass is 10.0. The van der Waals surface area contributed by atoms with E-state index in [4.69, 9.17) is 4.42 Å². The number of aromatic nitrogens is 2. The van der Waals surface area contributed by atoms with E-state index in [9.17, 15) is 13.5 Å². The first-order valence-electron chi connectivity index (χ1n) is 6.97. The van der Waals surface area contributed by atoms with Crippen LogP contribution in [0.25, 0.3) is 11.0 Å². The van der Waals surface area contributed by atoms with Gasteiger partial charge in [0.2, 0.25) is 0 Å². The van der Waals surface area contributed by atoms with Gasteiger partial charge in [0.25, 0.3) is 10.0 Å². The monoisotopic (exact) mass is 335 g/mol. The summed E-state index contributed by atoms with van der Waals surface area (Å²) in [5, 5.41) is 11.3. The molecule has 122 valence electrons. The lowest BCUT2D eigenvalue weighted by molar-refractivity contribution is 0.0411. The summed E-state index contributed by atoms with van der Waals surface area (Å²) in [5.74, 6) is 0.294. The molecule has 0 radical (unpaired) electrons. The molecule has 7 nitrogen and oxygen atoms in total. The van der Waals surface area contributed by atoms with Crippen LogP contribution < -0.4 is 4.72 Å². The number of nitrogens with zero attached hydrogens (tertiary/aromatic N) is 2. The number of rotatable bonds is 5. The normalized spacial score (nSPS) is 14.9. The van der Waals surface area contributed by atoms with E-state index in [2.05, 4.69) is 9.71 Å². The number of para-hydroxylation sites is 1.